The molecule has 0 spiro atoms. The second-order valence-corrected chi connectivity index (χ2v) is 7.91. The van der Waals surface area contributed by atoms with E-state index in [4.69, 9.17) is 4.74 Å². The van der Waals surface area contributed by atoms with Crippen LogP contribution < -0.4 is 14.4 Å². The summed E-state index contributed by atoms with van der Waals surface area (Å²) in [5, 5.41) is 0. The van der Waals surface area contributed by atoms with Crippen LogP contribution in [-0.4, -0.2) is 33.6 Å². The van der Waals surface area contributed by atoms with Crippen LogP contribution in [0.1, 0.15) is 24.0 Å². The Hall–Kier alpha value is -2.12. The molecule has 0 amide bonds. The molecule has 7 heteroatoms. The molecule has 1 aliphatic heterocycles. The molecule has 0 saturated carbocycles. The fourth-order valence-corrected chi connectivity index (χ4v) is 4.20. The van der Waals surface area contributed by atoms with Gasteiger partial charge in [-0.2, -0.15) is 0 Å². The van der Waals surface area contributed by atoms with Crippen molar-refractivity contribution in [1.29, 1.82) is 0 Å². The number of rotatable bonds is 6. The van der Waals surface area contributed by atoms with E-state index in [2.05, 4.69) is 14.6 Å². The molecule has 1 fully saturated rings. The number of ether oxygens (including phenoxy) is 1. The number of nitrogens with zero attached hydrogens (tertiary/aromatic N) is 2. The third-order valence-corrected chi connectivity index (χ3v) is 5.94. The van der Waals surface area contributed by atoms with Crippen LogP contribution in [0.5, 0.6) is 5.75 Å². The van der Waals surface area contributed by atoms with E-state index in [1.807, 2.05) is 12.1 Å². The lowest BCUT2D eigenvalue weighted by Gasteiger charge is -2.16. The molecule has 0 radical (unpaired) electrons. The predicted molar refractivity (Wildman–Crippen MR) is 97.4 cm³/mol. The van der Waals surface area contributed by atoms with Crippen LogP contribution in [-0.2, 0) is 16.6 Å². The number of hydrogen-bond acceptors (Lipinski definition) is 5. The fraction of sp³-hybridized carbons (Fsp3) is 0.389. The quantitative estimate of drug-likeness (QED) is 0.856. The molecule has 1 aromatic carbocycles. The molecule has 2 aromatic rings. The molecule has 6 nitrogen and oxygen atoms in total. The second-order valence-electron chi connectivity index (χ2n) is 6.17. The molecule has 1 aliphatic rings. The summed E-state index contributed by atoms with van der Waals surface area (Å²) in [4.78, 5) is 6.95. The van der Waals surface area contributed by atoms with Gasteiger partial charge in [0.1, 0.15) is 11.6 Å². The molecule has 0 unspecified atom stereocenters. The van der Waals surface area contributed by atoms with Gasteiger partial charge in [0.25, 0.3) is 0 Å². The van der Waals surface area contributed by atoms with E-state index >= 15 is 0 Å². The Kier molecular flexibility index (Phi) is 5.24. The first-order chi connectivity index (χ1) is 12.0. The van der Waals surface area contributed by atoms with Crippen LogP contribution >= 0.6 is 0 Å². The zero-order valence-electron chi connectivity index (χ0n) is 14.5. The minimum atomic E-state index is -3.58. The van der Waals surface area contributed by atoms with E-state index in [1.165, 1.54) is 12.8 Å². The monoisotopic (exact) mass is 361 g/mol. The summed E-state index contributed by atoms with van der Waals surface area (Å²) in [6.45, 7) is 4.04. The molecule has 134 valence electrons. The van der Waals surface area contributed by atoms with Crippen molar-refractivity contribution in [2.45, 2.75) is 31.2 Å². The van der Waals surface area contributed by atoms with Crippen LogP contribution in [0.3, 0.4) is 0 Å². The van der Waals surface area contributed by atoms with Gasteiger partial charge in [0.05, 0.1) is 12.0 Å². The molecule has 0 atom stereocenters. The van der Waals surface area contributed by atoms with Crippen LogP contribution in [0, 0.1) is 6.92 Å². The highest BCUT2D eigenvalue weighted by molar-refractivity contribution is 7.89. The lowest BCUT2D eigenvalue weighted by Crippen LogP contribution is -2.24. The summed E-state index contributed by atoms with van der Waals surface area (Å²) in [6, 6.07) is 8.79. The molecule has 2 heterocycles. The van der Waals surface area contributed by atoms with Gasteiger partial charge in [-0.15, -0.1) is 0 Å². The fourth-order valence-electron chi connectivity index (χ4n) is 2.96. The second kappa shape index (κ2) is 7.41. The molecule has 1 N–H and O–H groups in total. The Morgan fingerprint density at radius 3 is 2.56 bits per heavy atom. The summed E-state index contributed by atoms with van der Waals surface area (Å²) >= 11 is 0. The molecule has 25 heavy (non-hydrogen) atoms. The number of sulfonamides is 1. The Labute approximate surface area is 148 Å². The Balaban J connectivity index is 1.67. The highest BCUT2D eigenvalue weighted by Gasteiger charge is 2.17. The lowest BCUT2D eigenvalue weighted by molar-refractivity contribution is 0.414. The zero-order chi connectivity index (χ0) is 17.9. The minimum Gasteiger partial charge on any atom is -0.497 e. The topological polar surface area (TPSA) is 71.5 Å². The Morgan fingerprint density at radius 2 is 1.96 bits per heavy atom. The van der Waals surface area contributed by atoms with Crippen molar-refractivity contribution in [1.82, 2.24) is 9.71 Å². The van der Waals surface area contributed by atoms with Crippen molar-refractivity contribution in [3.63, 3.8) is 0 Å². The zero-order valence-corrected chi connectivity index (χ0v) is 15.3. The first-order valence-electron chi connectivity index (χ1n) is 8.34. The van der Waals surface area contributed by atoms with Crippen molar-refractivity contribution in [3.05, 3.63) is 47.7 Å². The Bertz CT molecular complexity index is 829. The summed E-state index contributed by atoms with van der Waals surface area (Å²) < 4.78 is 32.8. The maximum atomic E-state index is 12.5. The van der Waals surface area contributed by atoms with E-state index in [0.29, 0.717) is 11.3 Å². The van der Waals surface area contributed by atoms with Gasteiger partial charge in [0.15, 0.2) is 0 Å². The number of anilines is 1. The van der Waals surface area contributed by atoms with Gasteiger partial charge < -0.3 is 9.64 Å². The van der Waals surface area contributed by atoms with Crippen molar-refractivity contribution >= 4 is 15.8 Å². The highest BCUT2D eigenvalue weighted by atomic mass is 32.2. The number of pyridine rings is 1. The number of benzene rings is 1. The molecule has 0 bridgehead atoms. The summed E-state index contributed by atoms with van der Waals surface area (Å²) in [5.74, 6) is 1.59. The maximum absolute atomic E-state index is 12.5. The van der Waals surface area contributed by atoms with Crippen molar-refractivity contribution in [3.8, 4) is 5.75 Å². The van der Waals surface area contributed by atoms with Crippen molar-refractivity contribution in [2.75, 3.05) is 25.1 Å². The molecule has 0 aliphatic carbocycles. The van der Waals surface area contributed by atoms with Crippen LogP contribution in [0.2, 0.25) is 0 Å². The number of aromatic nitrogens is 1. The van der Waals surface area contributed by atoms with Crippen molar-refractivity contribution < 1.29 is 13.2 Å². The minimum absolute atomic E-state index is 0.209. The normalized spacial score (nSPS) is 14.7. The average Bonchev–Trinajstić information content (AvgIpc) is 3.15. The molecule has 3 rings (SSSR count). The van der Waals surface area contributed by atoms with Gasteiger partial charge in [-0.05, 0) is 55.2 Å². The third-order valence-electron chi connectivity index (χ3n) is 4.38. The summed E-state index contributed by atoms with van der Waals surface area (Å²) in [6.07, 6.45) is 4.13. The summed E-state index contributed by atoms with van der Waals surface area (Å²) in [7, 11) is -2.03. The van der Waals surface area contributed by atoms with Gasteiger partial charge >= 0.3 is 0 Å². The van der Waals surface area contributed by atoms with Crippen LogP contribution in [0.4, 0.5) is 5.82 Å². The first kappa shape index (κ1) is 17.7. The lowest BCUT2D eigenvalue weighted by atomic mass is 10.2. The molecular formula is C18H23N3O3S. The van der Waals surface area contributed by atoms with Gasteiger partial charge in [-0.3, -0.25) is 0 Å². The molecular weight excluding hydrogens is 338 g/mol. The van der Waals surface area contributed by atoms with Crippen LogP contribution in [0.25, 0.3) is 0 Å². The van der Waals surface area contributed by atoms with E-state index < -0.39 is 10.0 Å². The number of hydrogen-bond donors (Lipinski definition) is 1. The summed E-state index contributed by atoms with van der Waals surface area (Å²) in [5.41, 5.74) is 1.48. The van der Waals surface area contributed by atoms with Crippen LogP contribution in [0.15, 0.2) is 41.4 Å². The van der Waals surface area contributed by atoms with E-state index in [-0.39, 0.29) is 11.4 Å². The maximum Gasteiger partial charge on any atom is 0.241 e. The molecule has 1 saturated heterocycles. The Morgan fingerprint density at radius 1 is 1.20 bits per heavy atom. The third kappa shape index (κ3) is 4.11. The predicted octanol–water partition coefficient (Wildman–Crippen LogP) is 2.48. The standard InChI is InChI=1S/C18H23N3O3S/c1-14-11-16(24-2)6-7-17(14)25(22,23)20-13-15-5-8-18(19-12-15)21-9-3-4-10-21/h5-8,11-12,20H,3-4,9-10,13H2,1-2H3. The number of nitrogens with one attached hydrogen (secondary N) is 1. The average molecular weight is 361 g/mol. The SMILES string of the molecule is COc1ccc(S(=O)(=O)NCc2ccc(N3CCCC3)nc2)c(C)c1. The largest absolute Gasteiger partial charge is 0.497 e. The van der Waals surface area contributed by atoms with E-state index in [0.717, 1.165) is 24.5 Å². The number of methoxy groups -OCH3 is 1. The van der Waals surface area contributed by atoms with E-state index in [1.54, 1.807) is 38.4 Å². The highest BCUT2D eigenvalue weighted by Crippen LogP contribution is 2.21. The first-order valence-corrected chi connectivity index (χ1v) is 9.82. The van der Waals surface area contributed by atoms with Gasteiger partial charge in [0, 0.05) is 25.8 Å². The van der Waals surface area contributed by atoms with Gasteiger partial charge in [-0.1, -0.05) is 6.07 Å². The number of aryl methyl sites for hydroxylation is 1. The van der Waals surface area contributed by atoms with Crippen molar-refractivity contribution in [2.24, 2.45) is 0 Å². The van der Waals surface area contributed by atoms with Gasteiger partial charge in [-0.25, -0.2) is 18.1 Å². The van der Waals surface area contributed by atoms with E-state index in [9.17, 15) is 8.42 Å². The smallest absolute Gasteiger partial charge is 0.241 e. The molecule has 1 aromatic heterocycles. The van der Waals surface area contributed by atoms with Gasteiger partial charge in [0.2, 0.25) is 10.0 Å².